The van der Waals surface area contributed by atoms with Crippen LogP contribution in [0.5, 0.6) is 0 Å². The molecule has 0 aromatic carbocycles. The number of ether oxygens (including phenoxy) is 1. The molecule has 1 heterocycles. The summed E-state index contributed by atoms with van der Waals surface area (Å²) in [5.41, 5.74) is -0.239. The molecule has 1 aliphatic rings. The van der Waals surface area contributed by atoms with Crippen LogP contribution in [0.25, 0.3) is 0 Å². The highest BCUT2D eigenvalue weighted by atomic mass is 16.6. The normalized spacial score (nSPS) is 25.5. The van der Waals surface area contributed by atoms with E-state index < -0.39 is 0 Å². The van der Waals surface area contributed by atoms with Gasteiger partial charge in [0.25, 0.3) is 0 Å². The summed E-state index contributed by atoms with van der Waals surface area (Å²) >= 11 is 0. The molecular formula is C6H9O2. The topological polar surface area (TPSA) is 26.3 Å². The number of carbonyl (C=O) groups excluding carboxylic acids is 1. The first-order chi connectivity index (χ1) is 3.60. The fourth-order valence-corrected chi connectivity index (χ4v) is 0.685. The Morgan fingerprint density at radius 3 is 2.50 bits per heavy atom. The Labute approximate surface area is 48.8 Å². The molecule has 0 aliphatic carbocycles. The minimum Gasteiger partial charge on any atom is -0.459 e. The molecular weight excluding hydrogens is 104 g/mol. The van der Waals surface area contributed by atoms with Gasteiger partial charge >= 0.3 is 5.97 Å². The third kappa shape index (κ3) is 0.997. The first kappa shape index (κ1) is 5.60. The fourth-order valence-electron chi connectivity index (χ4n) is 0.685. The molecule has 0 bridgehead atoms. The van der Waals surface area contributed by atoms with Gasteiger partial charge in [-0.1, -0.05) is 0 Å². The Bertz CT molecular complexity index is 116. The molecule has 0 amide bonds. The maximum absolute atomic E-state index is 10.4. The van der Waals surface area contributed by atoms with E-state index in [0.717, 1.165) is 6.42 Å². The lowest BCUT2D eigenvalue weighted by Crippen LogP contribution is -2.17. The van der Waals surface area contributed by atoms with Crippen LogP contribution < -0.4 is 0 Å². The minimum absolute atomic E-state index is 0.185. The Morgan fingerprint density at radius 1 is 1.75 bits per heavy atom. The minimum atomic E-state index is -0.239. The lowest BCUT2D eigenvalue weighted by Gasteiger charge is -2.13. The molecule has 0 saturated carbocycles. The Hall–Kier alpha value is -0.530. The van der Waals surface area contributed by atoms with Gasteiger partial charge in [-0.25, -0.2) is 0 Å². The van der Waals surface area contributed by atoms with Crippen molar-refractivity contribution in [3.63, 3.8) is 0 Å². The number of esters is 1. The number of carbonyl (C=O) groups is 1. The van der Waals surface area contributed by atoms with Gasteiger partial charge in [-0.05, 0) is 13.8 Å². The van der Waals surface area contributed by atoms with E-state index in [1.54, 1.807) is 6.42 Å². The van der Waals surface area contributed by atoms with Crippen molar-refractivity contribution in [1.82, 2.24) is 0 Å². The van der Waals surface area contributed by atoms with Crippen LogP contribution in [0.2, 0.25) is 0 Å². The summed E-state index contributed by atoms with van der Waals surface area (Å²) in [5.74, 6) is -0.185. The van der Waals surface area contributed by atoms with Crippen LogP contribution in [0.3, 0.4) is 0 Å². The van der Waals surface area contributed by atoms with E-state index in [2.05, 4.69) is 0 Å². The zero-order valence-corrected chi connectivity index (χ0v) is 5.10. The van der Waals surface area contributed by atoms with Crippen molar-refractivity contribution >= 4 is 5.97 Å². The van der Waals surface area contributed by atoms with Crippen molar-refractivity contribution in [2.75, 3.05) is 0 Å². The van der Waals surface area contributed by atoms with E-state index in [1.807, 2.05) is 13.8 Å². The van der Waals surface area contributed by atoms with Crippen LogP contribution in [-0.2, 0) is 9.53 Å². The van der Waals surface area contributed by atoms with Gasteiger partial charge in [0, 0.05) is 6.42 Å². The highest BCUT2D eigenvalue weighted by Crippen LogP contribution is 2.23. The van der Waals surface area contributed by atoms with Gasteiger partial charge in [-0.2, -0.15) is 0 Å². The highest BCUT2D eigenvalue weighted by molar-refractivity contribution is 5.81. The van der Waals surface area contributed by atoms with E-state index in [-0.39, 0.29) is 11.6 Å². The van der Waals surface area contributed by atoms with Crippen molar-refractivity contribution < 1.29 is 9.53 Å². The third-order valence-corrected chi connectivity index (χ3v) is 1.14. The number of hydrogen-bond acceptors (Lipinski definition) is 2. The molecule has 0 aromatic rings. The second kappa shape index (κ2) is 1.47. The predicted octanol–water partition coefficient (Wildman–Crippen LogP) is 0.916. The molecule has 1 rings (SSSR count). The molecule has 2 nitrogen and oxygen atoms in total. The summed E-state index contributed by atoms with van der Waals surface area (Å²) < 4.78 is 4.85. The first-order valence-corrected chi connectivity index (χ1v) is 2.66. The lowest BCUT2D eigenvalue weighted by atomic mass is 10.1. The van der Waals surface area contributed by atoms with Gasteiger partial charge in [0.1, 0.15) is 5.60 Å². The standard InChI is InChI=1S/C6H9O2/c1-6(2)4-3-5(7)8-6/h3H,4H2,1-2H3. The van der Waals surface area contributed by atoms with Gasteiger partial charge in [-0.15, -0.1) is 0 Å². The van der Waals surface area contributed by atoms with E-state index in [0.29, 0.717) is 0 Å². The smallest absolute Gasteiger partial charge is 0.310 e. The largest absolute Gasteiger partial charge is 0.459 e. The van der Waals surface area contributed by atoms with Gasteiger partial charge in [-0.3, -0.25) is 4.79 Å². The lowest BCUT2D eigenvalue weighted by molar-refractivity contribution is -0.143. The summed E-state index contributed by atoms with van der Waals surface area (Å²) in [6.45, 7) is 3.79. The Morgan fingerprint density at radius 2 is 2.38 bits per heavy atom. The maximum atomic E-state index is 10.4. The zero-order valence-electron chi connectivity index (χ0n) is 5.10. The van der Waals surface area contributed by atoms with Crippen molar-refractivity contribution in [2.45, 2.75) is 25.9 Å². The van der Waals surface area contributed by atoms with Crippen molar-refractivity contribution in [2.24, 2.45) is 0 Å². The van der Waals surface area contributed by atoms with Crippen LogP contribution >= 0.6 is 0 Å². The van der Waals surface area contributed by atoms with Gasteiger partial charge in [0.15, 0.2) is 0 Å². The van der Waals surface area contributed by atoms with E-state index >= 15 is 0 Å². The van der Waals surface area contributed by atoms with Crippen LogP contribution in [0, 0.1) is 6.42 Å². The van der Waals surface area contributed by atoms with Gasteiger partial charge in [0.05, 0.1) is 6.42 Å². The van der Waals surface area contributed by atoms with Crippen LogP contribution in [0.1, 0.15) is 20.3 Å². The van der Waals surface area contributed by atoms with Gasteiger partial charge in [0.2, 0.25) is 0 Å². The van der Waals surface area contributed by atoms with Crippen LogP contribution in [0.4, 0.5) is 0 Å². The highest BCUT2D eigenvalue weighted by Gasteiger charge is 2.30. The van der Waals surface area contributed by atoms with Crippen molar-refractivity contribution in [3.8, 4) is 0 Å². The molecule has 0 atom stereocenters. The molecule has 45 valence electrons. The Balaban J connectivity index is 2.56. The molecule has 0 unspecified atom stereocenters. The maximum Gasteiger partial charge on any atom is 0.310 e. The molecule has 1 radical (unpaired) electrons. The molecule has 8 heavy (non-hydrogen) atoms. The van der Waals surface area contributed by atoms with Crippen molar-refractivity contribution in [3.05, 3.63) is 6.42 Å². The zero-order chi connectivity index (χ0) is 6.20. The molecule has 0 spiro atoms. The monoisotopic (exact) mass is 113 g/mol. The first-order valence-electron chi connectivity index (χ1n) is 2.66. The molecule has 0 aromatic heterocycles. The molecule has 1 fully saturated rings. The van der Waals surface area contributed by atoms with Crippen molar-refractivity contribution in [1.29, 1.82) is 0 Å². The summed E-state index contributed by atoms with van der Waals surface area (Å²) in [4.78, 5) is 10.4. The average Bonchev–Trinajstić information content (AvgIpc) is 1.82. The molecule has 0 N–H and O–H groups in total. The SMILES string of the molecule is CC1(C)C[CH]C(=O)O1. The number of cyclic esters (lactones) is 1. The molecule has 1 aliphatic heterocycles. The summed E-state index contributed by atoms with van der Waals surface area (Å²) in [6.07, 6.45) is 2.31. The summed E-state index contributed by atoms with van der Waals surface area (Å²) in [7, 11) is 0. The second-order valence-corrected chi connectivity index (χ2v) is 2.59. The molecule has 1 saturated heterocycles. The van der Waals surface area contributed by atoms with E-state index in [1.165, 1.54) is 0 Å². The number of rotatable bonds is 0. The summed E-state index contributed by atoms with van der Waals surface area (Å²) in [5, 5.41) is 0. The van der Waals surface area contributed by atoms with Crippen LogP contribution in [-0.4, -0.2) is 11.6 Å². The number of hydrogen-bond donors (Lipinski definition) is 0. The van der Waals surface area contributed by atoms with E-state index in [9.17, 15) is 4.79 Å². The predicted molar refractivity (Wildman–Crippen MR) is 29.1 cm³/mol. The van der Waals surface area contributed by atoms with Gasteiger partial charge < -0.3 is 4.74 Å². The van der Waals surface area contributed by atoms with Crippen LogP contribution in [0.15, 0.2) is 0 Å². The fraction of sp³-hybridized carbons (Fsp3) is 0.667. The molecule has 2 heteroatoms. The average molecular weight is 113 g/mol. The summed E-state index contributed by atoms with van der Waals surface area (Å²) in [6, 6.07) is 0. The van der Waals surface area contributed by atoms with E-state index in [4.69, 9.17) is 4.74 Å². The Kier molecular flexibility index (Phi) is 1.03. The third-order valence-electron chi connectivity index (χ3n) is 1.14. The quantitative estimate of drug-likeness (QED) is 0.436. The second-order valence-electron chi connectivity index (χ2n) is 2.59.